The number of nitrogens with zero attached hydrogens (tertiary/aromatic N) is 1. The second-order valence-electron chi connectivity index (χ2n) is 6.60. The van der Waals surface area contributed by atoms with E-state index < -0.39 is 10.0 Å². The van der Waals surface area contributed by atoms with E-state index in [0.29, 0.717) is 23.9 Å². The van der Waals surface area contributed by atoms with Gasteiger partial charge in [-0.3, -0.25) is 0 Å². The van der Waals surface area contributed by atoms with E-state index in [0.717, 1.165) is 17.5 Å². The van der Waals surface area contributed by atoms with E-state index >= 15 is 0 Å². The average molecular weight is 311 g/mol. The van der Waals surface area contributed by atoms with Gasteiger partial charge in [-0.15, -0.1) is 0 Å². The van der Waals surface area contributed by atoms with Gasteiger partial charge in [0.2, 0.25) is 10.0 Å². The molecule has 3 rings (SSSR count). The predicted molar refractivity (Wildman–Crippen MR) is 82.3 cm³/mol. The van der Waals surface area contributed by atoms with Gasteiger partial charge in [-0.05, 0) is 50.1 Å². The van der Waals surface area contributed by atoms with Gasteiger partial charge in [0.05, 0.1) is 4.90 Å². The molecule has 2 saturated carbocycles. The number of aromatic nitrogens is 1. The van der Waals surface area contributed by atoms with Gasteiger partial charge >= 0.3 is 0 Å². The van der Waals surface area contributed by atoms with Crippen LogP contribution in [0.2, 0.25) is 0 Å². The van der Waals surface area contributed by atoms with Crippen molar-refractivity contribution in [3.63, 3.8) is 0 Å². The molecule has 5 nitrogen and oxygen atoms in total. The quantitative estimate of drug-likeness (QED) is 0.836. The summed E-state index contributed by atoms with van der Waals surface area (Å²) in [7, 11) is 0.349. The molecule has 2 N–H and O–H groups in total. The van der Waals surface area contributed by atoms with Crippen LogP contribution >= 0.6 is 0 Å². The van der Waals surface area contributed by atoms with Crippen molar-refractivity contribution in [3.8, 4) is 0 Å². The molecule has 2 aliphatic carbocycles. The van der Waals surface area contributed by atoms with Crippen molar-refractivity contribution in [2.75, 3.05) is 13.6 Å². The number of rotatable bonds is 6. The van der Waals surface area contributed by atoms with E-state index in [4.69, 9.17) is 0 Å². The first kappa shape index (κ1) is 15.1. The third-order valence-corrected chi connectivity index (χ3v) is 6.56. The van der Waals surface area contributed by atoms with Crippen LogP contribution in [0.4, 0.5) is 0 Å². The Morgan fingerprint density at radius 1 is 1.33 bits per heavy atom. The second-order valence-corrected chi connectivity index (χ2v) is 8.36. The fourth-order valence-corrected chi connectivity index (χ4v) is 5.20. The minimum atomic E-state index is -3.38. The maximum absolute atomic E-state index is 12.4. The van der Waals surface area contributed by atoms with Crippen LogP contribution in [0.15, 0.2) is 17.2 Å². The number of nitrogens with one attached hydrogen (secondary N) is 2. The summed E-state index contributed by atoms with van der Waals surface area (Å²) in [4.78, 5) is 0.374. The summed E-state index contributed by atoms with van der Waals surface area (Å²) in [6, 6.07) is 1.75. The molecular formula is C15H25N3O2S. The Kier molecular flexibility index (Phi) is 4.12. The molecule has 1 heterocycles. The lowest BCUT2D eigenvalue weighted by Gasteiger charge is -2.21. The van der Waals surface area contributed by atoms with Crippen LogP contribution in [-0.2, 0) is 23.6 Å². The Labute approximate surface area is 127 Å². The molecule has 21 heavy (non-hydrogen) atoms. The van der Waals surface area contributed by atoms with Gasteiger partial charge in [-0.1, -0.05) is 6.42 Å². The highest BCUT2D eigenvalue weighted by atomic mass is 32.2. The average Bonchev–Trinajstić information content (AvgIpc) is 3.13. The third kappa shape index (κ3) is 3.03. The molecule has 118 valence electrons. The predicted octanol–water partition coefficient (Wildman–Crippen LogP) is 1.46. The highest BCUT2D eigenvalue weighted by Gasteiger charge is 2.39. The summed E-state index contributed by atoms with van der Waals surface area (Å²) < 4.78 is 29.5. The van der Waals surface area contributed by atoms with E-state index in [-0.39, 0.29) is 0 Å². The lowest BCUT2D eigenvalue weighted by molar-refractivity contribution is 0.333. The lowest BCUT2D eigenvalue weighted by atomic mass is 9.89. The van der Waals surface area contributed by atoms with Crippen LogP contribution in [0.5, 0.6) is 0 Å². The fraction of sp³-hybridized carbons (Fsp3) is 0.733. The van der Waals surface area contributed by atoms with E-state index in [1.165, 1.54) is 25.7 Å². The van der Waals surface area contributed by atoms with Crippen molar-refractivity contribution in [2.45, 2.75) is 37.1 Å². The summed E-state index contributed by atoms with van der Waals surface area (Å²) in [6.07, 6.45) is 6.83. The molecule has 6 heteroatoms. The fourth-order valence-electron chi connectivity index (χ4n) is 4.01. The Morgan fingerprint density at radius 2 is 2.14 bits per heavy atom. The summed E-state index contributed by atoms with van der Waals surface area (Å²) in [6.45, 7) is 1.26. The first-order valence-electron chi connectivity index (χ1n) is 7.79. The molecule has 3 unspecified atom stereocenters. The third-order valence-electron chi connectivity index (χ3n) is 5.17. The zero-order valence-corrected chi connectivity index (χ0v) is 13.6. The maximum Gasteiger partial charge on any atom is 0.242 e. The monoisotopic (exact) mass is 311 g/mol. The van der Waals surface area contributed by atoms with E-state index in [1.807, 2.05) is 18.7 Å². The summed E-state index contributed by atoms with van der Waals surface area (Å²) >= 11 is 0. The van der Waals surface area contributed by atoms with Gasteiger partial charge < -0.3 is 9.88 Å². The van der Waals surface area contributed by atoms with Crippen LogP contribution in [0.3, 0.4) is 0 Å². The number of aryl methyl sites for hydroxylation is 1. The van der Waals surface area contributed by atoms with Gasteiger partial charge in [0.15, 0.2) is 0 Å². The number of hydrogen-bond donors (Lipinski definition) is 2. The first-order valence-corrected chi connectivity index (χ1v) is 9.27. The minimum Gasteiger partial charge on any atom is -0.352 e. The van der Waals surface area contributed by atoms with Gasteiger partial charge in [0.25, 0.3) is 0 Å². The van der Waals surface area contributed by atoms with E-state index in [9.17, 15) is 8.42 Å². The van der Waals surface area contributed by atoms with Crippen molar-refractivity contribution >= 4 is 10.0 Å². The largest absolute Gasteiger partial charge is 0.352 e. The van der Waals surface area contributed by atoms with Gasteiger partial charge in [-0.2, -0.15) is 0 Å². The van der Waals surface area contributed by atoms with Crippen molar-refractivity contribution in [1.29, 1.82) is 0 Å². The van der Waals surface area contributed by atoms with Crippen LogP contribution < -0.4 is 10.0 Å². The van der Waals surface area contributed by atoms with E-state index in [2.05, 4.69) is 10.0 Å². The smallest absolute Gasteiger partial charge is 0.242 e. The molecule has 3 atom stereocenters. The van der Waals surface area contributed by atoms with Crippen LogP contribution in [-0.4, -0.2) is 26.6 Å². The summed E-state index contributed by atoms with van der Waals surface area (Å²) in [5, 5.41) is 3.05. The normalized spacial score (nSPS) is 28.4. The van der Waals surface area contributed by atoms with Gasteiger partial charge in [-0.25, -0.2) is 13.1 Å². The Hall–Kier alpha value is -0.850. The summed E-state index contributed by atoms with van der Waals surface area (Å²) in [5.74, 6) is 2.14. The van der Waals surface area contributed by atoms with Crippen LogP contribution in [0.25, 0.3) is 0 Å². The van der Waals surface area contributed by atoms with Crippen molar-refractivity contribution in [3.05, 3.63) is 18.0 Å². The SMILES string of the molecule is CNCc1cc(S(=O)(=O)NCC2CC3CCC2C3)cn1C. The molecule has 0 aliphatic heterocycles. The summed E-state index contributed by atoms with van der Waals surface area (Å²) in [5.41, 5.74) is 0.970. The molecule has 2 aliphatic rings. The van der Waals surface area contributed by atoms with E-state index in [1.54, 1.807) is 12.3 Å². The molecule has 2 fully saturated rings. The Bertz CT molecular complexity index is 608. The Balaban J connectivity index is 1.65. The molecule has 0 saturated heterocycles. The molecule has 1 aromatic heterocycles. The number of fused-ring (bicyclic) bond motifs is 2. The molecule has 2 bridgehead atoms. The highest BCUT2D eigenvalue weighted by molar-refractivity contribution is 7.89. The maximum atomic E-state index is 12.4. The molecule has 0 radical (unpaired) electrons. The molecule has 1 aromatic rings. The lowest BCUT2D eigenvalue weighted by Crippen LogP contribution is -2.31. The second kappa shape index (κ2) is 5.74. The number of sulfonamides is 1. The standard InChI is InChI=1S/C15H25N3O2S/c1-16-9-14-7-15(10-18(14)2)21(19,20)17-8-13-6-11-3-4-12(13)5-11/h7,10-13,16-17H,3-6,8-9H2,1-2H3. The van der Waals surface area contributed by atoms with Gasteiger partial charge in [0, 0.05) is 32.0 Å². The molecule has 0 spiro atoms. The van der Waals surface area contributed by atoms with Crippen molar-refractivity contribution in [1.82, 2.24) is 14.6 Å². The molecule has 0 amide bonds. The van der Waals surface area contributed by atoms with Gasteiger partial charge in [0.1, 0.15) is 0 Å². The zero-order chi connectivity index (χ0) is 15.0. The number of hydrogen-bond acceptors (Lipinski definition) is 3. The van der Waals surface area contributed by atoms with Crippen molar-refractivity contribution < 1.29 is 8.42 Å². The topological polar surface area (TPSA) is 63.1 Å². The highest BCUT2D eigenvalue weighted by Crippen LogP contribution is 2.48. The van der Waals surface area contributed by atoms with Crippen LogP contribution in [0.1, 0.15) is 31.4 Å². The van der Waals surface area contributed by atoms with Crippen molar-refractivity contribution in [2.24, 2.45) is 24.8 Å². The minimum absolute atomic E-state index is 0.374. The Morgan fingerprint density at radius 3 is 2.76 bits per heavy atom. The van der Waals surface area contributed by atoms with Crippen LogP contribution in [0, 0.1) is 17.8 Å². The first-order chi connectivity index (χ1) is 9.99. The zero-order valence-electron chi connectivity index (χ0n) is 12.8. The molecular weight excluding hydrogens is 286 g/mol. The molecule has 0 aromatic carbocycles.